The van der Waals surface area contributed by atoms with E-state index in [2.05, 4.69) is 43.8 Å². The molecule has 1 aromatic carbocycles. The van der Waals surface area contributed by atoms with Gasteiger partial charge < -0.3 is 5.73 Å². The van der Waals surface area contributed by atoms with Crippen molar-refractivity contribution in [2.45, 2.75) is 49.5 Å². The van der Waals surface area contributed by atoms with Crippen molar-refractivity contribution in [3.05, 3.63) is 35.4 Å². The molecule has 1 unspecified atom stereocenters. The van der Waals surface area contributed by atoms with Gasteiger partial charge in [-0.2, -0.15) is 12.6 Å². The molecule has 2 nitrogen and oxygen atoms in total. The third-order valence-electron chi connectivity index (χ3n) is 3.20. The quantitative estimate of drug-likeness (QED) is 0.792. The van der Waals surface area contributed by atoms with Crippen molar-refractivity contribution >= 4 is 30.2 Å². The Labute approximate surface area is 125 Å². The van der Waals surface area contributed by atoms with E-state index in [9.17, 15) is 4.79 Å². The number of benzene rings is 1. The molecular weight excluding hydrogens is 274 g/mol. The lowest BCUT2D eigenvalue weighted by Gasteiger charge is -2.31. The number of thioether (sulfide) groups is 1. The minimum atomic E-state index is -0.490. The molecule has 0 aliphatic rings. The highest BCUT2D eigenvalue weighted by Crippen LogP contribution is 2.31. The predicted molar refractivity (Wildman–Crippen MR) is 88.0 cm³/mol. The van der Waals surface area contributed by atoms with Gasteiger partial charge in [-0.1, -0.05) is 29.8 Å². The van der Waals surface area contributed by atoms with Gasteiger partial charge in [0.1, 0.15) is 0 Å². The first-order valence-electron chi connectivity index (χ1n) is 6.41. The van der Waals surface area contributed by atoms with Crippen LogP contribution in [0, 0.1) is 6.92 Å². The SMILES string of the molecule is Cc1ccc(CSC(C)(C)C(N)C(=O)[C@@H](C)S)cc1. The summed E-state index contributed by atoms with van der Waals surface area (Å²) in [6.45, 7) is 7.88. The van der Waals surface area contributed by atoms with Crippen LogP contribution in [0.4, 0.5) is 0 Å². The zero-order valence-corrected chi connectivity index (χ0v) is 13.7. The van der Waals surface area contributed by atoms with Crippen molar-refractivity contribution in [1.29, 1.82) is 0 Å². The summed E-state index contributed by atoms with van der Waals surface area (Å²) < 4.78 is -0.293. The predicted octanol–water partition coefficient (Wildman–Crippen LogP) is 3.22. The number of hydrogen-bond acceptors (Lipinski definition) is 4. The molecule has 0 aliphatic carbocycles. The summed E-state index contributed by atoms with van der Waals surface area (Å²) in [4.78, 5) is 11.9. The fourth-order valence-electron chi connectivity index (χ4n) is 1.65. The summed E-state index contributed by atoms with van der Waals surface area (Å²) in [6.07, 6.45) is 0. The maximum atomic E-state index is 11.9. The largest absolute Gasteiger partial charge is 0.320 e. The van der Waals surface area contributed by atoms with Gasteiger partial charge in [0.05, 0.1) is 11.3 Å². The maximum Gasteiger partial charge on any atom is 0.163 e. The molecule has 2 N–H and O–H groups in total. The zero-order chi connectivity index (χ0) is 14.6. The van der Waals surface area contributed by atoms with Crippen LogP contribution in [0.25, 0.3) is 0 Å². The number of nitrogens with two attached hydrogens (primary N) is 1. The number of ketones is 1. The van der Waals surface area contributed by atoms with Crippen LogP contribution in [0.5, 0.6) is 0 Å². The lowest BCUT2D eigenvalue weighted by molar-refractivity contribution is -0.119. The molecule has 0 saturated heterocycles. The highest BCUT2D eigenvalue weighted by atomic mass is 32.2. The van der Waals surface area contributed by atoms with Gasteiger partial charge in [-0.25, -0.2) is 0 Å². The van der Waals surface area contributed by atoms with Gasteiger partial charge in [-0.05, 0) is 33.3 Å². The third-order valence-corrected chi connectivity index (χ3v) is 4.93. The Morgan fingerprint density at radius 2 is 1.89 bits per heavy atom. The van der Waals surface area contributed by atoms with E-state index < -0.39 is 6.04 Å². The number of Topliss-reactive ketones (excluding diaryl/α,β-unsaturated/α-hetero) is 1. The molecule has 1 aromatic rings. The molecule has 0 aliphatic heterocycles. The molecule has 0 radical (unpaired) electrons. The summed E-state index contributed by atoms with van der Waals surface area (Å²) >= 11 is 5.89. The normalized spacial score (nSPS) is 15.1. The lowest BCUT2D eigenvalue weighted by Crippen LogP contribution is -2.49. The van der Waals surface area contributed by atoms with E-state index >= 15 is 0 Å². The summed E-state index contributed by atoms with van der Waals surface area (Å²) in [5, 5.41) is -0.311. The Bertz CT molecular complexity index is 426. The zero-order valence-electron chi connectivity index (χ0n) is 12.0. The first kappa shape index (κ1) is 16.6. The molecule has 0 amide bonds. The van der Waals surface area contributed by atoms with E-state index in [1.54, 1.807) is 18.7 Å². The molecule has 0 saturated carbocycles. The second kappa shape index (κ2) is 6.82. The number of hydrogen-bond donors (Lipinski definition) is 2. The topological polar surface area (TPSA) is 43.1 Å². The Balaban J connectivity index is 2.64. The summed E-state index contributed by atoms with van der Waals surface area (Å²) in [5.74, 6) is 0.861. The van der Waals surface area contributed by atoms with Crippen LogP contribution in [0.3, 0.4) is 0 Å². The molecular formula is C15H23NOS2. The average Bonchev–Trinajstić information content (AvgIpc) is 2.36. The number of carbonyl (C=O) groups is 1. The Morgan fingerprint density at radius 1 is 1.37 bits per heavy atom. The van der Waals surface area contributed by atoms with E-state index in [0.717, 1.165) is 5.75 Å². The second-order valence-electron chi connectivity index (χ2n) is 5.43. The van der Waals surface area contributed by atoms with Crippen LogP contribution in [0.1, 0.15) is 31.9 Å². The third kappa shape index (κ3) is 4.86. The van der Waals surface area contributed by atoms with Gasteiger partial charge in [0.15, 0.2) is 5.78 Å². The Morgan fingerprint density at radius 3 is 2.37 bits per heavy atom. The van der Waals surface area contributed by atoms with Crippen molar-refractivity contribution in [2.75, 3.05) is 0 Å². The van der Waals surface area contributed by atoms with Crippen LogP contribution >= 0.6 is 24.4 Å². The molecule has 0 bridgehead atoms. The van der Waals surface area contributed by atoms with Crippen molar-refractivity contribution in [1.82, 2.24) is 0 Å². The van der Waals surface area contributed by atoms with Gasteiger partial charge in [-0.3, -0.25) is 4.79 Å². The second-order valence-corrected chi connectivity index (χ2v) is 7.84. The van der Waals surface area contributed by atoms with Crippen molar-refractivity contribution in [3.8, 4) is 0 Å². The first-order chi connectivity index (χ1) is 8.74. The maximum absolute atomic E-state index is 11.9. The molecule has 0 spiro atoms. The van der Waals surface area contributed by atoms with Crippen molar-refractivity contribution < 1.29 is 4.79 Å². The van der Waals surface area contributed by atoms with Gasteiger partial charge in [-0.15, -0.1) is 11.8 Å². The molecule has 1 rings (SSSR count). The van der Waals surface area contributed by atoms with Crippen LogP contribution in [0.2, 0.25) is 0 Å². The minimum Gasteiger partial charge on any atom is -0.320 e. The van der Waals surface area contributed by atoms with Gasteiger partial charge in [0.2, 0.25) is 0 Å². The number of rotatable bonds is 6. The van der Waals surface area contributed by atoms with E-state index in [0.29, 0.717) is 0 Å². The Hall–Kier alpha value is -0.450. The first-order valence-corrected chi connectivity index (χ1v) is 7.91. The number of thiol groups is 1. The fraction of sp³-hybridized carbons (Fsp3) is 0.533. The van der Waals surface area contributed by atoms with E-state index in [1.165, 1.54) is 11.1 Å². The van der Waals surface area contributed by atoms with Crippen LogP contribution in [-0.4, -0.2) is 21.8 Å². The summed E-state index contributed by atoms with van der Waals surface area (Å²) in [6, 6.07) is 7.95. The smallest absolute Gasteiger partial charge is 0.163 e. The van der Waals surface area contributed by atoms with Crippen LogP contribution in [-0.2, 0) is 10.5 Å². The molecule has 0 aromatic heterocycles. The molecule has 4 heteroatoms. The average molecular weight is 297 g/mol. The molecule has 0 heterocycles. The highest BCUT2D eigenvalue weighted by molar-refractivity contribution is 7.99. The molecule has 0 fully saturated rings. The monoisotopic (exact) mass is 297 g/mol. The number of aryl methyl sites for hydroxylation is 1. The van der Waals surface area contributed by atoms with E-state index in [1.807, 2.05) is 13.8 Å². The van der Waals surface area contributed by atoms with Gasteiger partial charge in [0, 0.05) is 10.5 Å². The van der Waals surface area contributed by atoms with Gasteiger partial charge >= 0.3 is 0 Å². The molecule has 106 valence electrons. The van der Waals surface area contributed by atoms with Crippen LogP contribution < -0.4 is 5.73 Å². The molecule has 2 atom stereocenters. The lowest BCUT2D eigenvalue weighted by atomic mass is 9.98. The molecule has 19 heavy (non-hydrogen) atoms. The summed E-state index contributed by atoms with van der Waals surface area (Å²) in [7, 11) is 0. The minimum absolute atomic E-state index is 0.00439. The number of carbonyl (C=O) groups excluding carboxylic acids is 1. The van der Waals surface area contributed by atoms with E-state index in [-0.39, 0.29) is 15.8 Å². The van der Waals surface area contributed by atoms with Crippen molar-refractivity contribution in [3.63, 3.8) is 0 Å². The summed E-state index contributed by atoms with van der Waals surface area (Å²) in [5.41, 5.74) is 8.57. The van der Waals surface area contributed by atoms with Crippen LogP contribution in [0.15, 0.2) is 24.3 Å². The Kier molecular flexibility index (Phi) is 5.96. The highest BCUT2D eigenvalue weighted by Gasteiger charge is 2.33. The van der Waals surface area contributed by atoms with Crippen molar-refractivity contribution in [2.24, 2.45) is 5.73 Å². The van der Waals surface area contributed by atoms with E-state index in [4.69, 9.17) is 5.73 Å². The standard InChI is InChI=1S/C15H23NOS2/c1-10-5-7-12(8-6-10)9-19-15(3,4)14(16)13(17)11(2)18/h5-8,11,14,18H,9,16H2,1-4H3/t11-,14?/m1/s1. The fourth-order valence-corrected chi connectivity index (χ4v) is 2.83. The van der Waals surface area contributed by atoms with Gasteiger partial charge in [0.25, 0.3) is 0 Å².